The lowest BCUT2D eigenvalue weighted by atomic mass is 10.0. The standard InChI is InChI=1S/C40H25N2O3P/c43-46-38-24-32(28-8-4-26(5-9-28)30-16-20-41-21-17-30)12-14-34(38)44-36-2-1-3-37(40(36)46)45-35-15-13-33(25-39(35)46)29-10-6-27(7-11-29)31-18-22-42-23-19-31/h1-25H. The van der Waals surface area contributed by atoms with Gasteiger partial charge in [-0.3, -0.25) is 9.97 Å². The van der Waals surface area contributed by atoms with Crippen molar-refractivity contribution < 1.29 is 14.0 Å². The fourth-order valence-corrected chi connectivity index (χ4v) is 9.55. The first-order valence-corrected chi connectivity index (χ1v) is 16.8. The molecular formula is C40H25N2O3P. The molecule has 2 aliphatic heterocycles. The second-order valence-electron chi connectivity index (χ2n) is 11.4. The minimum atomic E-state index is -3.39. The lowest BCUT2D eigenvalue weighted by molar-refractivity contribution is 0.462. The van der Waals surface area contributed by atoms with Crippen LogP contribution in [0.5, 0.6) is 23.0 Å². The number of aromatic nitrogens is 2. The summed E-state index contributed by atoms with van der Waals surface area (Å²) in [6.07, 6.45) is 7.19. The third-order valence-electron chi connectivity index (χ3n) is 8.78. The fourth-order valence-electron chi connectivity index (χ4n) is 6.44. The number of hydrogen-bond donors (Lipinski definition) is 0. The summed E-state index contributed by atoms with van der Waals surface area (Å²) in [5, 5.41) is 1.97. The van der Waals surface area contributed by atoms with Gasteiger partial charge in [0, 0.05) is 24.8 Å². The molecule has 0 radical (unpaired) electrons. The van der Waals surface area contributed by atoms with Gasteiger partial charge >= 0.3 is 0 Å². The highest BCUT2D eigenvalue weighted by atomic mass is 31.2. The highest BCUT2D eigenvalue weighted by Gasteiger charge is 2.46. The Morgan fingerprint density at radius 3 is 1.15 bits per heavy atom. The van der Waals surface area contributed by atoms with Crippen LogP contribution in [0.1, 0.15) is 0 Å². The minimum Gasteiger partial charge on any atom is -0.456 e. The van der Waals surface area contributed by atoms with E-state index in [4.69, 9.17) is 9.47 Å². The first-order valence-electron chi connectivity index (χ1n) is 15.1. The number of benzene rings is 5. The van der Waals surface area contributed by atoms with Crippen LogP contribution < -0.4 is 25.4 Å². The summed E-state index contributed by atoms with van der Waals surface area (Å²) in [7, 11) is -3.39. The van der Waals surface area contributed by atoms with Gasteiger partial charge in [-0.15, -0.1) is 0 Å². The van der Waals surface area contributed by atoms with Crippen LogP contribution in [-0.4, -0.2) is 9.97 Å². The predicted octanol–water partition coefficient (Wildman–Crippen LogP) is 9.00. The van der Waals surface area contributed by atoms with E-state index in [1.165, 1.54) is 0 Å². The van der Waals surface area contributed by atoms with Gasteiger partial charge in [0.1, 0.15) is 28.3 Å². The second-order valence-corrected chi connectivity index (χ2v) is 14.0. The molecule has 0 atom stereocenters. The quantitative estimate of drug-likeness (QED) is 0.186. The summed E-state index contributed by atoms with van der Waals surface area (Å²) in [4.78, 5) is 8.26. The van der Waals surface area contributed by atoms with Crippen molar-refractivity contribution in [1.82, 2.24) is 9.97 Å². The van der Waals surface area contributed by atoms with Crippen LogP contribution in [-0.2, 0) is 4.57 Å². The molecule has 0 bridgehead atoms. The Hall–Kier alpha value is -5.77. The molecule has 0 spiro atoms. The summed E-state index contributed by atoms with van der Waals surface area (Å²) in [6, 6.07) is 42.4. The van der Waals surface area contributed by atoms with Crippen LogP contribution in [0.15, 0.2) is 152 Å². The Labute approximate surface area is 266 Å². The van der Waals surface area contributed by atoms with Crippen LogP contribution in [0.25, 0.3) is 44.5 Å². The van der Waals surface area contributed by atoms with Gasteiger partial charge < -0.3 is 14.0 Å². The lowest BCUT2D eigenvalue weighted by Gasteiger charge is -2.35. The molecule has 0 aliphatic carbocycles. The molecule has 46 heavy (non-hydrogen) atoms. The number of hydrogen-bond acceptors (Lipinski definition) is 5. The second kappa shape index (κ2) is 10.4. The molecule has 0 saturated heterocycles. The molecule has 4 heterocycles. The number of fused-ring (bicyclic) bond motifs is 4. The molecular weight excluding hydrogens is 587 g/mol. The largest absolute Gasteiger partial charge is 0.456 e. The molecule has 0 amide bonds. The van der Waals surface area contributed by atoms with Crippen molar-refractivity contribution in [2.45, 2.75) is 0 Å². The molecule has 2 aliphatic rings. The molecule has 0 saturated carbocycles. The molecule has 7 aromatic rings. The topological polar surface area (TPSA) is 61.3 Å². The maximum atomic E-state index is 15.8. The summed E-state index contributed by atoms with van der Waals surface area (Å²) >= 11 is 0. The minimum absolute atomic E-state index is 0.570. The SMILES string of the molecule is O=P12c3cc(-c4ccc(-c5ccncc5)cc4)ccc3Oc3cccc(c31)Oc1ccc(-c3ccc(-c4ccncc4)cc3)cc12. The average Bonchev–Trinajstić information content (AvgIpc) is 3.12. The van der Waals surface area contributed by atoms with Crippen LogP contribution in [0.2, 0.25) is 0 Å². The maximum Gasteiger partial charge on any atom is 0.185 e. The van der Waals surface area contributed by atoms with Gasteiger partial charge in [0.2, 0.25) is 0 Å². The van der Waals surface area contributed by atoms with Gasteiger partial charge in [-0.2, -0.15) is 0 Å². The van der Waals surface area contributed by atoms with Gasteiger partial charge in [0.05, 0.1) is 10.6 Å². The molecule has 0 N–H and O–H groups in total. The van der Waals surface area contributed by atoms with E-state index in [0.717, 1.165) is 44.5 Å². The Morgan fingerprint density at radius 2 is 0.739 bits per heavy atom. The average molecular weight is 613 g/mol. The number of pyridine rings is 2. The number of nitrogens with zero attached hydrogens (tertiary/aromatic N) is 2. The predicted molar refractivity (Wildman–Crippen MR) is 183 cm³/mol. The fraction of sp³-hybridized carbons (Fsp3) is 0. The summed E-state index contributed by atoms with van der Waals surface area (Å²) < 4.78 is 28.6. The van der Waals surface area contributed by atoms with Crippen molar-refractivity contribution in [1.29, 1.82) is 0 Å². The first-order chi connectivity index (χ1) is 22.6. The van der Waals surface area contributed by atoms with Gasteiger partial charge in [0.15, 0.2) is 7.14 Å². The monoisotopic (exact) mass is 612 g/mol. The van der Waals surface area contributed by atoms with E-state index < -0.39 is 7.14 Å². The van der Waals surface area contributed by atoms with Gasteiger partial charge in [0.25, 0.3) is 0 Å². The van der Waals surface area contributed by atoms with E-state index >= 15 is 4.57 Å². The van der Waals surface area contributed by atoms with Crippen molar-refractivity contribution in [3.63, 3.8) is 0 Å². The summed E-state index contributed by atoms with van der Waals surface area (Å²) in [5.74, 6) is 2.34. The van der Waals surface area contributed by atoms with Gasteiger partial charge in [-0.1, -0.05) is 66.7 Å². The molecule has 2 aromatic heterocycles. The van der Waals surface area contributed by atoms with Crippen molar-refractivity contribution >= 4 is 23.1 Å². The van der Waals surface area contributed by atoms with E-state index in [1.807, 2.05) is 78.9 Å². The third kappa shape index (κ3) is 4.21. The Kier molecular flexibility index (Phi) is 6.02. The van der Waals surface area contributed by atoms with Crippen molar-refractivity contribution in [2.24, 2.45) is 0 Å². The molecule has 218 valence electrons. The van der Waals surface area contributed by atoms with Crippen LogP contribution in [0, 0.1) is 0 Å². The zero-order chi connectivity index (χ0) is 30.7. The van der Waals surface area contributed by atoms with Crippen LogP contribution >= 0.6 is 7.14 Å². The van der Waals surface area contributed by atoms with Crippen molar-refractivity contribution in [3.05, 3.63) is 152 Å². The smallest absolute Gasteiger partial charge is 0.185 e. The van der Waals surface area contributed by atoms with E-state index in [-0.39, 0.29) is 0 Å². The van der Waals surface area contributed by atoms with Crippen LogP contribution in [0.4, 0.5) is 0 Å². The summed E-state index contributed by atoms with van der Waals surface area (Å²) in [5.41, 5.74) is 8.43. The summed E-state index contributed by atoms with van der Waals surface area (Å²) in [6.45, 7) is 0. The molecule has 5 aromatic carbocycles. The first kappa shape index (κ1) is 26.6. The molecule has 5 nitrogen and oxygen atoms in total. The molecule has 0 unspecified atom stereocenters. The van der Waals surface area contributed by atoms with Crippen LogP contribution in [0.3, 0.4) is 0 Å². The zero-order valence-electron chi connectivity index (χ0n) is 24.5. The Bertz CT molecular complexity index is 2160. The lowest BCUT2D eigenvalue weighted by Crippen LogP contribution is -2.35. The number of ether oxygens (including phenoxy) is 2. The molecule has 0 fully saturated rings. The molecule has 6 heteroatoms. The Morgan fingerprint density at radius 1 is 0.391 bits per heavy atom. The zero-order valence-corrected chi connectivity index (χ0v) is 25.4. The van der Waals surface area contributed by atoms with E-state index in [2.05, 4.69) is 58.5 Å². The highest BCUT2D eigenvalue weighted by molar-refractivity contribution is 7.86. The Balaban J connectivity index is 1.16. The maximum absolute atomic E-state index is 15.8. The normalized spacial score (nSPS) is 13.4. The van der Waals surface area contributed by atoms with Gasteiger partial charge in [-0.05, 0) is 105 Å². The van der Waals surface area contributed by atoms with E-state index in [9.17, 15) is 0 Å². The van der Waals surface area contributed by atoms with Crippen molar-refractivity contribution in [2.75, 3.05) is 0 Å². The van der Waals surface area contributed by atoms with E-state index in [0.29, 0.717) is 38.9 Å². The third-order valence-corrected chi connectivity index (χ3v) is 11.9. The number of rotatable bonds is 4. The van der Waals surface area contributed by atoms with Crippen molar-refractivity contribution in [3.8, 4) is 67.5 Å². The highest BCUT2D eigenvalue weighted by Crippen LogP contribution is 2.59. The van der Waals surface area contributed by atoms with E-state index in [1.54, 1.807) is 24.8 Å². The molecule has 9 rings (SSSR count). The van der Waals surface area contributed by atoms with Gasteiger partial charge in [-0.25, -0.2) is 0 Å².